The minimum Gasteiger partial charge on any atom is -0.354 e. The van der Waals surface area contributed by atoms with E-state index in [4.69, 9.17) is 4.52 Å². The molecule has 0 fully saturated rings. The van der Waals surface area contributed by atoms with Crippen molar-refractivity contribution in [3.05, 3.63) is 72.7 Å². The van der Waals surface area contributed by atoms with Crippen LogP contribution in [0.3, 0.4) is 0 Å². The van der Waals surface area contributed by atoms with Crippen LogP contribution in [0.1, 0.15) is 10.4 Å². The van der Waals surface area contributed by atoms with E-state index in [1.54, 1.807) is 18.3 Å². The first kappa shape index (κ1) is 16.8. The summed E-state index contributed by atoms with van der Waals surface area (Å²) in [6.45, 7) is 0. The van der Waals surface area contributed by atoms with Crippen LogP contribution in [0.4, 0.5) is 17.2 Å². The number of H-pyrrole nitrogens is 2. The topological polar surface area (TPSA) is 125 Å². The van der Waals surface area contributed by atoms with Gasteiger partial charge in [-0.2, -0.15) is 10.2 Å². The molecular formula is C20H15N7O2. The highest BCUT2D eigenvalue weighted by Gasteiger charge is 2.11. The van der Waals surface area contributed by atoms with Gasteiger partial charge < -0.3 is 15.2 Å². The van der Waals surface area contributed by atoms with Gasteiger partial charge in [-0.05, 0) is 30.3 Å². The zero-order valence-corrected chi connectivity index (χ0v) is 15.0. The molecule has 0 saturated heterocycles. The Hall–Kier alpha value is -4.40. The van der Waals surface area contributed by atoms with Crippen LogP contribution in [0.2, 0.25) is 0 Å². The quantitative estimate of drug-likeness (QED) is 0.363. The normalized spacial score (nSPS) is 10.9. The van der Waals surface area contributed by atoms with Gasteiger partial charge in [-0.1, -0.05) is 17.3 Å². The second-order valence-corrected chi connectivity index (χ2v) is 6.40. The molecule has 3 heterocycles. The van der Waals surface area contributed by atoms with Crippen LogP contribution in [0.5, 0.6) is 0 Å². The van der Waals surface area contributed by atoms with E-state index in [0.717, 1.165) is 22.2 Å². The largest absolute Gasteiger partial charge is 0.354 e. The van der Waals surface area contributed by atoms with Crippen LogP contribution in [-0.2, 0) is 0 Å². The maximum absolute atomic E-state index is 12.2. The van der Waals surface area contributed by atoms with E-state index < -0.39 is 0 Å². The number of carbonyl (C=O) groups excluding carboxylic acids is 1. The molecule has 2 aromatic carbocycles. The molecule has 142 valence electrons. The van der Waals surface area contributed by atoms with E-state index in [9.17, 15) is 4.79 Å². The standard InChI is InChI=1S/C20H15N7O2/c28-20(14-10-21-22-11-14)25-15-3-1-2-12(6-15)18-8-19(27-29-18)24-16-4-5-17-13(7-16)9-23-26-17/h1-11H,(H,21,22)(H,23,26)(H,24,27)(H,25,28). The molecule has 5 aromatic rings. The summed E-state index contributed by atoms with van der Waals surface area (Å²) in [5, 5.41) is 24.5. The number of carbonyl (C=O) groups is 1. The SMILES string of the molecule is O=C(Nc1cccc(-c2cc(Nc3ccc4[nH]ncc4c3)no2)c1)c1cn[nH]c1. The molecule has 0 bridgehead atoms. The molecule has 9 heteroatoms. The van der Waals surface area contributed by atoms with Gasteiger partial charge in [0.1, 0.15) is 0 Å². The highest BCUT2D eigenvalue weighted by atomic mass is 16.5. The Morgan fingerprint density at radius 1 is 1.00 bits per heavy atom. The molecule has 0 radical (unpaired) electrons. The fourth-order valence-corrected chi connectivity index (χ4v) is 2.97. The second kappa shape index (κ2) is 6.97. The van der Waals surface area contributed by atoms with Crippen LogP contribution in [0.15, 0.2) is 71.6 Å². The predicted molar refractivity (Wildman–Crippen MR) is 108 cm³/mol. The van der Waals surface area contributed by atoms with Gasteiger partial charge in [0.2, 0.25) is 0 Å². The van der Waals surface area contributed by atoms with E-state index >= 15 is 0 Å². The van der Waals surface area contributed by atoms with Crippen molar-refractivity contribution in [3.63, 3.8) is 0 Å². The summed E-state index contributed by atoms with van der Waals surface area (Å²) in [5.74, 6) is 0.914. The van der Waals surface area contributed by atoms with Gasteiger partial charge in [-0.25, -0.2) is 0 Å². The average Bonchev–Trinajstić information content (AvgIpc) is 3.49. The number of rotatable bonds is 5. The van der Waals surface area contributed by atoms with E-state index in [1.807, 2.05) is 36.4 Å². The maximum atomic E-state index is 12.2. The van der Waals surface area contributed by atoms with Crippen molar-refractivity contribution < 1.29 is 9.32 Å². The Kier molecular flexibility index (Phi) is 4.02. The van der Waals surface area contributed by atoms with Crippen molar-refractivity contribution in [2.75, 3.05) is 10.6 Å². The average molecular weight is 385 g/mol. The lowest BCUT2D eigenvalue weighted by Crippen LogP contribution is -2.10. The first-order chi connectivity index (χ1) is 14.2. The third-order valence-electron chi connectivity index (χ3n) is 4.39. The summed E-state index contributed by atoms with van der Waals surface area (Å²) in [5.41, 5.74) is 3.73. The fraction of sp³-hybridized carbons (Fsp3) is 0. The number of aromatic amines is 2. The van der Waals surface area contributed by atoms with E-state index in [0.29, 0.717) is 22.8 Å². The van der Waals surface area contributed by atoms with Crippen molar-refractivity contribution in [2.24, 2.45) is 0 Å². The van der Waals surface area contributed by atoms with Crippen molar-refractivity contribution in [1.82, 2.24) is 25.6 Å². The number of fused-ring (bicyclic) bond motifs is 1. The van der Waals surface area contributed by atoms with E-state index in [2.05, 4.69) is 36.2 Å². The van der Waals surface area contributed by atoms with Crippen molar-refractivity contribution in [1.29, 1.82) is 0 Å². The highest BCUT2D eigenvalue weighted by molar-refractivity contribution is 6.04. The summed E-state index contributed by atoms with van der Waals surface area (Å²) in [6, 6.07) is 15.0. The molecule has 0 spiro atoms. The van der Waals surface area contributed by atoms with Crippen LogP contribution >= 0.6 is 0 Å². The predicted octanol–water partition coefficient (Wildman–Crippen LogP) is 3.94. The first-order valence-corrected chi connectivity index (χ1v) is 8.82. The number of benzene rings is 2. The van der Waals surface area contributed by atoms with Gasteiger partial charge in [0, 0.05) is 34.6 Å². The molecule has 4 N–H and O–H groups in total. The Morgan fingerprint density at radius 3 is 2.86 bits per heavy atom. The molecule has 0 aliphatic carbocycles. The minimum atomic E-state index is -0.245. The van der Waals surface area contributed by atoms with Gasteiger partial charge in [-0.15, -0.1) is 0 Å². The third kappa shape index (κ3) is 3.44. The zero-order valence-electron chi connectivity index (χ0n) is 15.0. The van der Waals surface area contributed by atoms with Gasteiger partial charge in [0.25, 0.3) is 5.91 Å². The van der Waals surface area contributed by atoms with Gasteiger partial charge in [0.05, 0.1) is 23.5 Å². The lowest BCUT2D eigenvalue weighted by molar-refractivity contribution is 0.102. The molecule has 0 unspecified atom stereocenters. The van der Waals surface area contributed by atoms with Crippen molar-refractivity contribution in [2.45, 2.75) is 0 Å². The van der Waals surface area contributed by atoms with E-state index in [-0.39, 0.29) is 5.91 Å². The van der Waals surface area contributed by atoms with E-state index in [1.165, 1.54) is 12.4 Å². The van der Waals surface area contributed by atoms with Crippen LogP contribution in [0, 0.1) is 0 Å². The molecule has 1 amide bonds. The molecule has 0 aliphatic rings. The first-order valence-electron chi connectivity index (χ1n) is 8.82. The number of nitrogens with zero attached hydrogens (tertiary/aromatic N) is 3. The number of anilines is 3. The Morgan fingerprint density at radius 2 is 1.97 bits per heavy atom. The third-order valence-corrected chi connectivity index (χ3v) is 4.39. The number of nitrogens with one attached hydrogen (secondary N) is 4. The number of amides is 1. The molecule has 29 heavy (non-hydrogen) atoms. The maximum Gasteiger partial charge on any atom is 0.258 e. The number of aromatic nitrogens is 5. The molecule has 3 aromatic heterocycles. The van der Waals surface area contributed by atoms with Gasteiger partial charge in [0.15, 0.2) is 11.6 Å². The summed E-state index contributed by atoms with van der Waals surface area (Å²) >= 11 is 0. The molecule has 0 aliphatic heterocycles. The summed E-state index contributed by atoms with van der Waals surface area (Å²) in [6.07, 6.45) is 4.76. The number of hydrogen-bond donors (Lipinski definition) is 4. The van der Waals surface area contributed by atoms with Crippen LogP contribution in [0.25, 0.3) is 22.2 Å². The summed E-state index contributed by atoms with van der Waals surface area (Å²) in [4.78, 5) is 12.2. The molecule has 9 nitrogen and oxygen atoms in total. The number of hydrogen-bond acceptors (Lipinski definition) is 6. The smallest absolute Gasteiger partial charge is 0.258 e. The Labute approximate surface area is 164 Å². The van der Waals surface area contributed by atoms with Crippen LogP contribution < -0.4 is 10.6 Å². The molecule has 0 saturated carbocycles. The Balaban J connectivity index is 1.34. The summed E-state index contributed by atoms with van der Waals surface area (Å²) < 4.78 is 5.47. The lowest BCUT2D eigenvalue weighted by atomic mass is 10.1. The fourth-order valence-electron chi connectivity index (χ4n) is 2.97. The summed E-state index contributed by atoms with van der Waals surface area (Å²) in [7, 11) is 0. The van der Waals surface area contributed by atoms with Gasteiger partial charge >= 0.3 is 0 Å². The second-order valence-electron chi connectivity index (χ2n) is 6.40. The Bertz CT molecular complexity index is 1290. The van der Waals surface area contributed by atoms with Crippen LogP contribution in [-0.4, -0.2) is 31.5 Å². The van der Waals surface area contributed by atoms with Gasteiger partial charge in [-0.3, -0.25) is 15.0 Å². The molecule has 5 rings (SSSR count). The highest BCUT2D eigenvalue weighted by Crippen LogP contribution is 2.27. The van der Waals surface area contributed by atoms with Crippen molar-refractivity contribution in [3.8, 4) is 11.3 Å². The van der Waals surface area contributed by atoms with Crippen molar-refractivity contribution >= 4 is 34.0 Å². The monoisotopic (exact) mass is 385 g/mol. The minimum absolute atomic E-state index is 0.245. The molecule has 0 atom stereocenters. The zero-order chi connectivity index (χ0) is 19.6. The molecular weight excluding hydrogens is 370 g/mol. The lowest BCUT2D eigenvalue weighted by Gasteiger charge is -2.04.